The number of hydrogen-bond donors (Lipinski definition) is 3. The van der Waals surface area contributed by atoms with Gasteiger partial charge in [0.2, 0.25) is 5.76 Å². The third-order valence-electron chi connectivity index (χ3n) is 5.00. The molecule has 3 N–H and O–H groups in total. The van der Waals surface area contributed by atoms with Gasteiger partial charge in [0, 0.05) is 36.0 Å². The average Bonchev–Trinajstić information content (AvgIpc) is 3.30. The summed E-state index contributed by atoms with van der Waals surface area (Å²) in [4.78, 5) is 12.4. The number of hydrogen-bond acceptors (Lipinski definition) is 6. The van der Waals surface area contributed by atoms with Gasteiger partial charge in [-0.1, -0.05) is 35.5 Å². The predicted molar refractivity (Wildman–Crippen MR) is 99.9 cm³/mol. The lowest BCUT2D eigenvalue weighted by molar-refractivity contribution is -0.152. The maximum atomic E-state index is 12.4. The Bertz CT molecular complexity index is 952. The van der Waals surface area contributed by atoms with Gasteiger partial charge in [-0.05, 0) is 25.7 Å². The molecule has 0 radical (unpaired) electrons. The molecule has 1 aromatic carbocycles. The van der Waals surface area contributed by atoms with E-state index in [0.29, 0.717) is 23.7 Å². The largest absolute Gasteiger partial charge is 0.362 e. The van der Waals surface area contributed by atoms with Crippen molar-refractivity contribution >= 4 is 5.91 Å². The third kappa shape index (κ3) is 3.97. The highest BCUT2D eigenvalue weighted by Gasteiger charge is 2.32. The van der Waals surface area contributed by atoms with Crippen molar-refractivity contribution in [2.45, 2.75) is 38.1 Å². The van der Waals surface area contributed by atoms with Gasteiger partial charge < -0.3 is 20.1 Å². The molecule has 3 aromatic rings. The molecule has 8 nitrogen and oxygen atoms in total. The highest BCUT2D eigenvalue weighted by molar-refractivity contribution is 5.92. The molecule has 1 saturated carbocycles. The molecule has 2 aromatic heterocycles. The fourth-order valence-corrected chi connectivity index (χ4v) is 3.36. The van der Waals surface area contributed by atoms with E-state index in [0.717, 1.165) is 18.4 Å². The molecule has 0 spiro atoms. The molecule has 0 bridgehead atoms. The summed E-state index contributed by atoms with van der Waals surface area (Å²) in [5.74, 6) is -1.58. The van der Waals surface area contributed by atoms with Crippen LogP contribution in [0.15, 0.2) is 53.3 Å². The highest BCUT2D eigenvalue weighted by Crippen LogP contribution is 2.30. The standard InChI is InChI=1S/C20H22N4O4/c1-20(26,27)15-10-21-24(12-15)11-13-7-16(8-13)22-19(25)18-9-17(23-28-18)14-5-3-2-4-6-14/h2-6,9-10,12-13,16,26-27H,7-8,11H2,1H3,(H,22,25). The Morgan fingerprint density at radius 2 is 2.07 bits per heavy atom. The molecule has 1 aliphatic rings. The van der Waals surface area contributed by atoms with Gasteiger partial charge in [-0.3, -0.25) is 9.48 Å². The Hall–Kier alpha value is -2.97. The van der Waals surface area contributed by atoms with Crippen LogP contribution in [0.5, 0.6) is 0 Å². The molecule has 1 fully saturated rings. The lowest BCUT2D eigenvalue weighted by Crippen LogP contribution is -2.45. The van der Waals surface area contributed by atoms with Gasteiger partial charge in [0.05, 0.1) is 6.20 Å². The number of amides is 1. The van der Waals surface area contributed by atoms with Crippen molar-refractivity contribution < 1.29 is 19.5 Å². The van der Waals surface area contributed by atoms with Crippen LogP contribution in [-0.4, -0.2) is 37.1 Å². The number of carbonyl (C=O) groups is 1. The Labute approximate surface area is 161 Å². The second-order valence-corrected chi connectivity index (χ2v) is 7.42. The molecule has 28 heavy (non-hydrogen) atoms. The SMILES string of the molecule is CC(O)(O)c1cnn(CC2CC(NC(=O)c3cc(-c4ccccc4)no3)C2)c1. The molecule has 0 unspecified atom stereocenters. The van der Waals surface area contributed by atoms with Crippen molar-refractivity contribution in [2.75, 3.05) is 0 Å². The molecular weight excluding hydrogens is 360 g/mol. The number of benzene rings is 1. The van der Waals surface area contributed by atoms with Crippen LogP contribution in [0.2, 0.25) is 0 Å². The summed E-state index contributed by atoms with van der Waals surface area (Å²) < 4.78 is 6.88. The molecule has 2 heterocycles. The molecule has 146 valence electrons. The second kappa shape index (κ2) is 7.21. The maximum absolute atomic E-state index is 12.4. The van der Waals surface area contributed by atoms with E-state index in [4.69, 9.17) is 4.52 Å². The van der Waals surface area contributed by atoms with Crippen LogP contribution >= 0.6 is 0 Å². The van der Waals surface area contributed by atoms with E-state index in [1.807, 2.05) is 30.3 Å². The number of aromatic nitrogens is 3. The Kier molecular flexibility index (Phi) is 4.74. The van der Waals surface area contributed by atoms with Crippen molar-refractivity contribution in [1.82, 2.24) is 20.3 Å². The van der Waals surface area contributed by atoms with E-state index in [2.05, 4.69) is 15.6 Å². The van der Waals surface area contributed by atoms with E-state index in [9.17, 15) is 15.0 Å². The molecule has 1 amide bonds. The third-order valence-corrected chi connectivity index (χ3v) is 5.00. The summed E-state index contributed by atoms with van der Waals surface area (Å²) in [6.07, 6.45) is 4.74. The van der Waals surface area contributed by atoms with Crippen molar-refractivity contribution in [3.8, 4) is 11.3 Å². The zero-order chi connectivity index (χ0) is 19.7. The summed E-state index contributed by atoms with van der Waals surface area (Å²) in [7, 11) is 0. The van der Waals surface area contributed by atoms with Gasteiger partial charge in [0.25, 0.3) is 5.91 Å². The van der Waals surface area contributed by atoms with Crippen LogP contribution < -0.4 is 5.32 Å². The Morgan fingerprint density at radius 1 is 1.32 bits per heavy atom. The van der Waals surface area contributed by atoms with Crippen LogP contribution in [0.3, 0.4) is 0 Å². The molecule has 0 atom stereocenters. The lowest BCUT2D eigenvalue weighted by Gasteiger charge is -2.35. The molecule has 8 heteroatoms. The van der Waals surface area contributed by atoms with Crippen LogP contribution in [0.4, 0.5) is 0 Å². The molecule has 1 aliphatic carbocycles. The van der Waals surface area contributed by atoms with E-state index >= 15 is 0 Å². The Morgan fingerprint density at radius 3 is 2.75 bits per heavy atom. The van der Waals surface area contributed by atoms with Crippen LogP contribution in [0.25, 0.3) is 11.3 Å². The van der Waals surface area contributed by atoms with Crippen molar-refractivity contribution in [2.24, 2.45) is 5.92 Å². The predicted octanol–water partition coefficient (Wildman–Crippen LogP) is 1.90. The summed E-state index contributed by atoms with van der Waals surface area (Å²) in [5.41, 5.74) is 1.89. The first kappa shape index (κ1) is 18.4. The van der Waals surface area contributed by atoms with Gasteiger partial charge >= 0.3 is 0 Å². The van der Waals surface area contributed by atoms with Gasteiger partial charge in [-0.2, -0.15) is 5.10 Å². The minimum absolute atomic E-state index is 0.0822. The number of nitrogens with one attached hydrogen (secondary N) is 1. The topological polar surface area (TPSA) is 113 Å². The number of nitrogens with zero attached hydrogens (tertiary/aromatic N) is 3. The van der Waals surface area contributed by atoms with E-state index in [-0.39, 0.29) is 17.7 Å². The molecule has 0 saturated heterocycles. The van der Waals surface area contributed by atoms with Gasteiger partial charge in [-0.15, -0.1) is 0 Å². The van der Waals surface area contributed by atoms with Crippen molar-refractivity contribution in [3.05, 3.63) is 60.1 Å². The number of rotatable bonds is 6. The smallest absolute Gasteiger partial charge is 0.290 e. The van der Waals surface area contributed by atoms with E-state index in [1.54, 1.807) is 16.9 Å². The lowest BCUT2D eigenvalue weighted by atomic mass is 9.80. The summed E-state index contributed by atoms with van der Waals surface area (Å²) in [6, 6.07) is 11.3. The van der Waals surface area contributed by atoms with E-state index in [1.165, 1.54) is 13.1 Å². The number of carbonyl (C=O) groups excluding carboxylic acids is 1. The summed E-state index contributed by atoms with van der Waals surface area (Å²) >= 11 is 0. The Balaban J connectivity index is 1.27. The number of aliphatic hydroxyl groups is 2. The van der Waals surface area contributed by atoms with Gasteiger partial charge in [0.1, 0.15) is 5.69 Å². The quantitative estimate of drug-likeness (QED) is 0.561. The average molecular weight is 382 g/mol. The monoisotopic (exact) mass is 382 g/mol. The first-order valence-corrected chi connectivity index (χ1v) is 9.19. The normalized spacial score (nSPS) is 19.2. The fraction of sp³-hybridized carbons (Fsp3) is 0.350. The molecule has 4 rings (SSSR count). The zero-order valence-corrected chi connectivity index (χ0v) is 15.4. The maximum Gasteiger partial charge on any atom is 0.290 e. The zero-order valence-electron chi connectivity index (χ0n) is 15.4. The second-order valence-electron chi connectivity index (χ2n) is 7.42. The van der Waals surface area contributed by atoms with Crippen molar-refractivity contribution in [1.29, 1.82) is 0 Å². The summed E-state index contributed by atoms with van der Waals surface area (Å²) in [5, 5.41) is 30.2. The first-order chi connectivity index (χ1) is 13.4. The van der Waals surface area contributed by atoms with Crippen LogP contribution in [-0.2, 0) is 12.3 Å². The first-order valence-electron chi connectivity index (χ1n) is 9.19. The van der Waals surface area contributed by atoms with Gasteiger partial charge in [-0.25, -0.2) is 0 Å². The molecular formula is C20H22N4O4. The van der Waals surface area contributed by atoms with E-state index < -0.39 is 5.79 Å². The molecule has 0 aliphatic heterocycles. The summed E-state index contributed by atoms with van der Waals surface area (Å²) in [6.45, 7) is 1.97. The highest BCUT2D eigenvalue weighted by atomic mass is 16.5. The van der Waals surface area contributed by atoms with Gasteiger partial charge in [0.15, 0.2) is 5.79 Å². The minimum atomic E-state index is -1.88. The fourth-order valence-electron chi connectivity index (χ4n) is 3.36. The minimum Gasteiger partial charge on any atom is -0.362 e. The van der Waals surface area contributed by atoms with Crippen LogP contribution in [0.1, 0.15) is 35.9 Å². The van der Waals surface area contributed by atoms with Crippen molar-refractivity contribution in [3.63, 3.8) is 0 Å². The van der Waals surface area contributed by atoms with Crippen LogP contribution in [0, 0.1) is 5.92 Å².